The first kappa shape index (κ1) is 13.6. The zero-order valence-corrected chi connectivity index (χ0v) is 11.0. The van der Waals surface area contributed by atoms with Crippen LogP contribution in [-0.2, 0) is 0 Å². The van der Waals surface area contributed by atoms with Crippen LogP contribution in [0.3, 0.4) is 0 Å². The number of nitriles is 1. The monoisotopic (exact) mass is 267 g/mol. The number of anilines is 1. The van der Waals surface area contributed by atoms with Gasteiger partial charge in [-0.3, -0.25) is 0 Å². The Morgan fingerprint density at radius 1 is 1.29 bits per heavy atom. The van der Waals surface area contributed by atoms with E-state index in [-0.39, 0.29) is 10.2 Å². The Bertz CT molecular complexity index is 477. The maximum atomic E-state index is 8.69. The number of halogens is 2. The van der Waals surface area contributed by atoms with Crippen molar-refractivity contribution in [3.63, 3.8) is 0 Å². The van der Waals surface area contributed by atoms with Crippen LogP contribution in [0.4, 0.5) is 5.69 Å². The summed E-state index contributed by atoms with van der Waals surface area (Å²) in [6.07, 6.45) is 1.54. The molecule has 0 radical (unpaired) electrons. The molecule has 3 nitrogen and oxygen atoms in total. The molecule has 1 rings (SSSR count). The minimum atomic E-state index is -0.131. The quantitative estimate of drug-likeness (QED) is 0.623. The lowest BCUT2D eigenvalue weighted by Gasteiger charge is -2.11. The van der Waals surface area contributed by atoms with Gasteiger partial charge in [-0.05, 0) is 17.7 Å². The molecule has 0 fully saturated rings. The van der Waals surface area contributed by atoms with Gasteiger partial charge in [0.05, 0.1) is 0 Å². The molecule has 0 aliphatic carbocycles. The molecule has 5 heteroatoms. The summed E-state index contributed by atoms with van der Waals surface area (Å²) in [5.74, 6) is 0. The highest BCUT2D eigenvalue weighted by atomic mass is 35.5. The smallest absolute Gasteiger partial charge is 0.170 e. The Labute approximate surface area is 111 Å². The van der Waals surface area contributed by atoms with Gasteiger partial charge >= 0.3 is 0 Å². The normalized spacial score (nSPS) is 10.1. The third-order valence-corrected chi connectivity index (χ3v) is 2.40. The lowest BCUT2D eigenvalue weighted by Crippen LogP contribution is -2.08. The summed E-state index contributed by atoms with van der Waals surface area (Å²) in [4.78, 5) is 5.90. The summed E-state index contributed by atoms with van der Waals surface area (Å²) in [6.45, 7) is 0. The summed E-state index contributed by atoms with van der Waals surface area (Å²) in [5.41, 5.74) is 1.97. The molecule has 0 amide bonds. The van der Waals surface area contributed by atoms with Crippen LogP contribution in [0.15, 0.2) is 39.4 Å². The van der Waals surface area contributed by atoms with Crippen molar-refractivity contribution in [2.45, 2.75) is 0 Å². The van der Waals surface area contributed by atoms with Crippen LogP contribution in [0.2, 0.25) is 0 Å². The summed E-state index contributed by atoms with van der Waals surface area (Å²) in [6, 6.07) is 9.52. The van der Waals surface area contributed by atoms with Gasteiger partial charge in [-0.1, -0.05) is 35.3 Å². The third kappa shape index (κ3) is 4.10. The Morgan fingerprint density at radius 2 is 1.88 bits per heavy atom. The van der Waals surface area contributed by atoms with Crippen LogP contribution in [-0.4, -0.2) is 20.3 Å². The molecule has 88 valence electrons. The van der Waals surface area contributed by atoms with Crippen LogP contribution >= 0.6 is 23.2 Å². The van der Waals surface area contributed by atoms with E-state index in [1.165, 1.54) is 0 Å². The second-order valence-corrected chi connectivity index (χ2v) is 4.41. The van der Waals surface area contributed by atoms with E-state index in [0.717, 1.165) is 11.3 Å². The van der Waals surface area contributed by atoms with Crippen molar-refractivity contribution in [1.29, 1.82) is 5.26 Å². The van der Waals surface area contributed by atoms with Gasteiger partial charge in [-0.2, -0.15) is 5.26 Å². The number of allylic oxidation sites excluding steroid dienone is 1. The van der Waals surface area contributed by atoms with Crippen molar-refractivity contribution in [2.24, 2.45) is 4.99 Å². The molecule has 0 atom stereocenters. The molecule has 0 N–H and O–H groups in total. The van der Waals surface area contributed by atoms with E-state index in [4.69, 9.17) is 28.5 Å². The fraction of sp³-hybridized carbons (Fsp3) is 0.167. The Hall–Kier alpha value is -1.50. The molecule has 1 aromatic rings. The van der Waals surface area contributed by atoms with Crippen molar-refractivity contribution in [2.75, 3.05) is 19.0 Å². The highest BCUT2D eigenvalue weighted by Gasteiger charge is 1.98. The fourth-order valence-electron chi connectivity index (χ4n) is 1.12. The molecule has 0 unspecified atom stereocenters. The van der Waals surface area contributed by atoms with Crippen LogP contribution in [0, 0.1) is 11.3 Å². The van der Waals surface area contributed by atoms with Crippen molar-refractivity contribution in [3.05, 3.63) is 40.0 Å². The largest absolute Gasteiger partial charge is 0.378 e. The molecule has 0 spiro atoms. The standard InChI is InChI=1S/C12H11Cl2N3/c1-17(2)10-5-3-9(4-6-10)8-16-11(7-15)12(13)14/h3-6,8H,1-2H3. The topological polar surface area (TPSA) is 39.4 Å². The van der Waals surface area contributed by atoms with Gasteiger partial charge in [0, 0.05) is 26.0 Å². The highest BCUT2D eigenvalue weighted by Crippen LogP contribution is 2.15. The molecule has 0 heterocycles. The minimum absolute atomic E-state index is 0.00465. The zero-order chi connectivity index (χ0) is 12.8. The zero-order valence-electron chi connectivity index (χ0n) is 9.48. The van der Waals surface area contributed by atoms with Crippen molar-refractivity contribution >= 4 is 35.1 Å². The van der Waals surface area contributed by atoms with E-state index in [0.29, 0.717) is 0 Å². The van der Waals surface area contributed by atoms with Gasteiger partial charge in [0.1, 0.15) is 10.6 Å². The van der Waals surface area contributed by atoms with Gasteiger partial charge < -0.3 is 4.90 Å². The van der Waals surface area contributed by atoms with Crippen molar-refractivity contribution < 1.29 is 0 Å². The number of benzene rings is 1. The van der Waals surface area contributed by atoms with Crippen LogP contribution in [0.25, 0.3) is 0 Å². The highest BCUT2D eigenvalue weighted by molar-refractivity contribution is 6.56. The van der Waals surface area contributed by atoms with E-state index < -0.39 is 0 Å². The fourth-order valence-corrected chi connectivity index (χ4v) is 1.30. The van der Waals surface area contributed by atoms with E-state index >= 15 is 0 Å². The molecular weight excluding hydrogens is 257 g/mol. The van der Waals surface area contributed by atoms with Gasteiger partial charge in [0.15, 0.2) is 5.70 Å². The molecule has 0 saturated carbocycles. The van der Waals surface area contributed by atoms with Crippen LogP contribution in [0.5, 0.6) is 0 Å². The predicted octanol–water partition coefficient (Wildman–Crippen LogP) is 3.34. The van der Waals surface area contributed by atoms with Crippen LogP contribution < -0.4 is 4.90 Å². The Kier molecular flexibility index (Phi) is 5.02. The average Bonchev–Trinajstić information content (AvgIpc) is 2.30. The second-order valence-electron chi connectivity index (χ2n) is 3.46. The van der Waals surface area contributed by atoms with Gasteiger partial charge in [0.2, 0.25) is 0 Å². The van der Waals surface area contributed by atoms with E-state index in [1.807, 2.05) is 49.3 Å². The molecule has 1 aromatic carbocycles. The first-order valence-corrected chi connectivity index (χ1v) is 5.57. The van der Waals surface area contributed by atoms with Gasteiger partial charge in [-0.25, -0.2) is 4.99 Å². The number of hydrogen-bond acceptors (Lipinski definition) is 3. The number of nitrogens with zero attached hydrogens (tertiary/aromatic N) is 3. The Morgan fingerprint density at radius 3 is 2.29 bits per heavy atom. The maximum absolute atomic E-state index is 8.69. The maximum Gasteiger partial charge on any atom is 0.170 e. The number of aliphatic imine (C=N–C) groups is 1. The average molecular weight is 268 g/mol. The minimum Gasteiger partial charge on any atom is -0.378 e. The summed E-state index contributed by atoms with van der Waals surface area (Å²) >= 11 is 11.0. The molecule has 0 aromatic heterocycles. The SMILES string of the molecule is CN(C)c1ccc(C=NC(C#N)=C(Cl)Cl)cc1. The third-order valence-electron chi connectivity index (χ3n) is 2.04. The van der Waals surface area contributed by atoms with E-state index in [2.05, 4.69) is 4.99 Å². The van der Waals surface area contributed by atoms with Crippen molar-refractivity contribution in [3.8, 4) is 6.07 Å². The first-order chi connectivity index (χ1) is 8.04. The molecule has 0 bridgehead atoms. The lowest BCUT2D eigenvalue weighted by atomic mass is 10.2. The second kappa shape index (κ2) is 6.29. The summed E-state index contributed by atoms with van der Waals surface area (Å²) in [7, 11) is 3.93. The Balaban J connectivity index is 2.87. The number of rotatable bonds is 3. The van der Waals surface area contributed by atoms with Crippen LogP contribution in [0.1, 0.15) is 5.56 Å². The summed E-state index contributed by atoms with van der Waals surface area (Å²) < 4.78 is -0.131. The van der Waals surface area contributed by atoms with Crippen molar-refractivity contribution in [1.82, 2.24) is 0 Å². The molecule has 0 saturated heterocycles. The van der Waals surface area contributed by atoms with Gasteiger partial charge in [0.25, 0.3) is 0 Å². The van der Waals surface area contributed by atoms with E-state index in [1.54, 1.807) is 6.21 Å². The lowest BCUT2D eigenvalue weighted by molar-refractivity contribution is 1.13. The molecular formula is C12H11Cl2N3. The predicted molar refractivity (Wildman–Crippen MR) is 72.7 cm³/mol. The number of hydrogen-bond donors (Lipinski definition) is 0. The first-order valence-electron chi connectivity index (χ1n) is 4.81. The summed E-state index contributed by atoms with van der Waals surface area (Å²) in [5, 5.41) is 8.69. The molecule has 0 aliphatic rings. The van der Waals surface area contributed by atoms with Gasteiger partial charge in [-0.15, -0.1) is 0 Å². The van der Waals surface area contributed by atoms with E-state index in [9.17, 15) is 0 Å². The molecule has 17 heavy (non-hydrogen) atoms. The molecule has 0 aliphatic heterocycles.